The van der Waals surface area contributed by atoms with Crippen LogP contribution < -0.4 is 9.75 Å². The third-order valence-electron chi connectivity index (χ3n) is 8.50. The van der Waals surface area contributed by atoms with Crippen LogP contribution in [0.5, 0.6) is 0 Å². The fourth-order valence-electron chi connectivity index (χ4n) is 7.00. The number of nitrogens with zero attached hydrogens (tertiary/aromatic N) is 1. The van der Waals surface area contributed by atoms with E-state index in [0.717, 1.165) is 0 Å². The van der Waals surface area contributed by atoms with E-state index in [1.807, 2.05) is 0 Å². The van der Waals surface area contributed by atoms with Crippen LogP contribution in [0.15, 0.2) is 72.9 Å². The Hall–Kier alpha value is -2.71. The molecule has 0 bridgehead atoms. The van der Waals surface area contributed by atoms with E-state index in [4.69, 9.17) is 0 Å². The first kappa shape index (κ1) is 25.9. The first-order chi connectivity index (χ1) is 17.5. The molecule has 0 radical (unpaired) electrons. The second-order valence-electron chi connectivity index (χ2n) is 13.3. The lowest BCUT2D eigenvalue weighted by molar-refractivity contribution is -0.659. The number of rotatable bonds is 5. The topological polar surface area (TPSA) is 3.88 Å². The van der Waals surface area contributed by atoms with Crippen molar-refractivity contribution in [2.24, 2.45) is 12.5 Å². The smallest absolute Gasteiger partial charge is 0.200 e. The molecule has 192 valence electrons. The molecule has 0 amide bonds. The predicted octanol–water partition coefficient (Wildman–Crippen LogP) is 8.93. The van der Waals surface area contributed by atoms with E-state index < -0.39 is 8.07 Å². The van der Waals surface area contributed by atoms with Crippen LogP contribution in [0.1, 0.15) is 63.5 Å². The summed E-state index contributed by atoms with van der Waals surface area (Å²) in [5.74, 6) is 0.679. The highest BCUT2D eigenvalue weighted by Gasteiger charge is 2.30. The number of pyridine rings is 1. The molecule has 0 atom stereocenters. The Morgan fingerprint density at radius 3 is 2.24 bits per heavy atom. The molecular formula is C35H44NSi+. The van der Waals surface area contributed by atoms with Gasteiger partial charge < -0.3 is 0 Å². The Balaban J connectivity index is 1.71. The normalized spacial score (nSPS) is 15.0. The Kier molecular flexibility index (Phi) is 6.91. The molecule has 0 aliphatic heterocycles. The van der Waals surface area contributed by atoms with Crippen LogP contribution in [0, 0.1) is 12.3 Å². The highest BCUT2D eigenvalue weighted by Crippen LogP contribution is 2.41. The minimum atomic E-state index is -1.54. The van der Waals surface area contributed by atoms with Gasteiger partial charge in [-0.05, 0) is 76.9 Å². The van der Waals surface area contributed by atoms with Gasteiger partial charge in [0.2, 0.25) is 5.69 Å². The first-order valence-electron chi connectivity index (χ1n) is 14.2. The molecular weight excluding hydrogens is 462 g/mol. The van der Waals surface area contributed by atoms with Gasteiger partial charge in [0.1, 0.15) is 7.05 Å². The van der Waals surface area contributed by atoms with Crippen molar-refractivity contribution >= 4 is 24.0 Å². The minimum Gasteiger partial charge on any atom is -0.200 e. The van der Waals surface area contributed by atoms with Gasteiger partial charge in [0.05, 0.1) is 19.0 Å². The summed E-state index contributed by atoms with van der Waals surface area (Å²) in [5, 5.41) is 4.29. The highest BCUT2D eigenvalue weighted by atomic mass is 28.3. The summed E-state index contributed by atoms with van der Waals surface area (Å²) in [7, 11) is 0.673. The maximum atomic E-state index is 2.53. The second-order valence-corrected chi connectivity index (χ2v) is 18.0. The SMILES string of the molecule is Cc1c(-c2c3ccc([Si](C)(C)CC(C)(C)C)cc3cc[n+]2C)cc(-c2ccccc2)cc1C1CCCC1. The van der Waals surface area contributed by atoms with Gasteiger partial charge in [-0.2, -0.15) is 0 Å². The van der Waals surface area contributed by atoms with E-state index in [9.17, 15) is 0 Å². The predicted molar refractivity (Wildman–Crippen MR) is 163 cm³/mol. The van der Waals surface area contributed by atoms with Crippen LogP contribution in [0.2, 0.25) is 19.1 Å². The zero-order valence-corrected chi connectivity index (χ0v) is 25.0. The first-order valence-corrected chi connectivity index (χ1v) is 17.4. The lowest BCUT2D eigenvalue weighted by Crippen LogP contribution is -2.44. The summed E-state index contributed by atoms with van der Waals surface area (Å²) in [4.78, 5) is 0. The van der Waals surface area contributed by atoms with Gasteiger partial charge in [-0.1, -0.05) is 100 Å². The molecule has 4 aromatic rings. The Morgan fingerprint density at radius 2 is 1.57 bits per heavy atom. The molecule has 1 saturated carbocycles. The van der Waals surface area contributed by atoms with Gasteiger partial charge in [0, 0.05) is 6.07 Å². The summed E-state index contributed by atoms with van der Waals surface area (Å²) in [5.41, 5.74) is 8.75. The van der Waals surface area contributed by atoms with Crippen LogP contribution in [-0.2, 0) is 7.05 Å². The lowest BCUT2D eigenvalue weighted by atomic mass is 9.85. The number of hydrogen-bond donors (Lipinski definition) is 0. The fraction of sp³-hybridized carbons (Fsp3) is 0.400. The van der Waals surface area contributed by atoms with E-state index in [2.05, 4.69) is 125 Å². The Labute approximate surface area is 225 Å². The van der Waals surface area contributed by atoms with E-state index in [0.29, 0.717) is 11.3 Å². The zero-order valence-electron chi connectivity index (χ0n) is 24.0. The molecule has 5 rings (SSSR count). The highest BCUT2D eigenvalue weighted by molar-refractivity contribution is 6.90. The van der Waals surface area contributed by atoms with Crippen molar-refractivity contribution in [1.82, 2.24) is 0 Å². The van der Waals surface area contributed by atoms with E-state index in [-0.39, 0.29) is 0 Å². The number of aromatic nitrogens is 1. The van der Waals surface area contributed by atoms with Crippen LogP contribution in [0.25, 0.3) is 33.2 Å². The van der Waals surface area contributed by atoms with Crippen molar-refractivity contribution in [3.05, 3.63) is 84.1 Å². The number of fused-ring (bicyclic) bond motifs is 1. The third kappa shape index (κ3) is 5.32. The zero-order chi connectivity index (χ0) is 26.4. The van der Waals surface area contributed by atoms with Gasteiger partial charge in [0.25, 0.3) is 0 Å². The van der Waals surface area contributed by atoms with Crippen LogP contribution in [-0.4, -0.2) is 8.07 Å². The summed E-state index contributed by atoms with van der Waals surface area (Å²) < 4.78 is 2.34. The minimum absolute atomic E-state index is 0.352. The van der Waals surface area contributed by atoms with E-state index >= 15 is 0 Å². The number of aryl methyl sites for hydroxylation is 1. The molecule has 2 heteroatoms. The quantitative estimate of drug-likeness (QED) is 0.188. The van der Waals surface area contributed by atoms with Gasteiger partial charge in [-0.3, -0.25) is 0 Å². The third-order valence-corrected chi connectivity index (χ3v) is 12.3. The molecule has 1 heterocycles. The van der Waals surface area contributed by atoms with Crippen LogP contribution >= 0.6 is 0 Å². The van der Waals surface area contributed by atoms with Crippen LogP contribution in [0.3, 0.4) is 0 Å². The molecule has 1 aromatic heterocycles. The maximum Gasteiger partial charge on any atom is 0.220 e. The molecule has 37 heavy (non-hydrogen) atoms. The van der Waals surface area contributed by atoms with Crippen molar-refractivity contribution in [1.29, 1.82) is 0 Å². The molecule has 0 unspecified atom stereocenters. The molecule has 1 fully saturated rings. The van der Waals surface area contributed by atoms with Crippen molar-refractivity contribution in [3.8, 4) is 22.4 Å². The van der Waals surface area contributed by atoms with Gasteiger partial charge in [0.15, 0.2) is 6.20 Å². The van der Waals surface area contributed by atoms with Gasteiger partial charge in [-0.15, -0.1) is 0 Å². The number of benzene rings is 3. The summed E-state index contributed by atoms with van der Waals surface area (Å²) in [6, 6.07) is 26.9. The van der Waals surface area contributed by atoms with Crippen molar-refractivity contribution < 1.29 is 4.57 Å². The molecule has 3 aromatic carbocycles. The Bertz CT molecular complexity index is 1420. The van der Waals surface area contributed by atoms with E-state index in [1.165, 1.54) is 70.4 Å². The van der Waals surface area contributed by atoms with Crippen molar-refractivity contribution in [2.45, 2.75) is 78.4 Å². The van der Waals surface area contributed by atoms with E-state index in [1.54, 1.807) is 10.8 Å². The average molecular weight is 507 g/mol. The fourth-order valence-corrected chi connectivity index (χ4v) is 10.9. The van der Waals surface area contributed by atoms with Crippen molar-refractivity contribution in [3.63, 3.8) is 0 Å². The van der Waals surface area contributed by atoms with Crippen LogP contribution in [0.4, 0.5) is 0 Å². The Morgan fingerprint density at radius 1 is 0.865 bits per heavy atom. The maximum absolute atomic E-state index is 2.53. The van der Waals surface area contributed by atoms with Gasteiger partial charge in [-0.25, -0.2) is 4.57 Å². The molecule has 0 spiro atoms. The average Bonchev–Trinajstić information content (AvgIpc) is 3.38. The summed E-state index contributed by atoms with van der Waals surface area (Å²) in [6.07, 6.45) is 7.61. The molecule has 0 saturated heterocycles. The number of hydrogen-bond acceptors (Lipinski definition) is 0. The van der Waals surface area contributed by atoms with Crippen molar-refractivity contribution in [2.75, 3.05) is 0 Å². The van der Waals surface area contributed by atoms with Gasteiger partial charge >= 0.3 is 0 Å². The summed E-state index contributed by atoms with van der Waals surface area (Å²) in [6.45, 7) is 14.6. The standard InChI is InChI=1S/C35H44NSi/c1-25-32(27-15-11-12-16-27)22-29(26-13-9-8-10-14-26)23-33(25)34-31-18-17-30(21-28(31)19-20-36(34)5)37(6,7)24-35(2,3)4/h8-10,13-14,17-23,27H,11-12,15-16,24H2,1-7H3/q+1. The molecule has 1 aliphatic carbocycles. The molecule has 0 N–H and O–H groups in total. The lowest BCUT2D eigenvalue weighted by Gasteiger charge is -2.31. The summed E-state index contributed by atoms with van der Waals surface area (Å²) >= 11 is 0. The monoisotopic (exact) mass is 506 g/mol. The molecule has 1 nitrogen and oxygen atoms in total. The second kappa shape index (κ2) is 9.87. The largest absolute Gasteiger partial charge is 0.220 e. The molecule has 1 aliphatic rings.